The quantitative estimate of drug-likeness (QED) is 0.0522. The summed E-state index contributed by atoms with van der Waals surface area (Å²) < 4.78 is 46.2. The number of halogens is 1. The van der Waals surface area contributed by atoms with Gasteiger partial charge >= 0.3 is 118 Å². The smallest absolute Gasteiger partial charge is 0.790 e. The molecular weight excluding hydrogens is 1090 g/mol. The summed E-state index contributed by atoms with van der Waals surface area (Å²) in [5.74, 6) is 8.97. The second kappa shape index (κ2) is 35.9. The molecule has 4 fully saturated rings. The minimum Gasteiger partial charge on any atom is -0.790 e. The minimum atomic E-state index is -5.01. The third-order valence-electron chi connectivity index (χ3n) is 15.1. The normalized spacial score (nSPS) is 16.4. The van der Waals surface area contributed by atoms with Crippen LogP contribution in [0.25, 0.3) is 0 Å². The fourth-order valence-electron chi connectivity index (χ4n) is 9.83. The predicted octanol–water partition coefficient (Wildman–Crippen LogP) is 1.95. The van der Waals surface area contributed by atoms with Crippen molar-refractivity contribution in [1.29, 1.82) is 0 Å². The number of para-hydroxylation sites is 4. The Morgan fingerprint density at radius 2 is 0.654 bits per heavy atom. The zero-order chi connectivity index (χ0) is 54.7. The van der Waals surface area contributed by atoms with Gasteiger partial charge in [0.1, 0.15) is 23.0 Å². The number of aromatic hydroxyl groups is 1. The number of hydrogen-bond donors (Lipinski definition) is 1. The van der Waals surface area contributed by atoms with Gasteiger partial charge in [-0.1, -0.05) is 167 Å². The van der Waals surface area contributed by atoms with Gasteiger partial charge in [0, 0.05) is 0 Å². The van der Waals surface area contributed by atoms with Gasteiger partial charge in [-0.05, 0) is 167 Å². The number of ether oxygens (including phenoxy) is 3. The zero-order valence-corrected chi connectivity index (χ0v) is 60.4. The van der Waals surface area contributed by atoms with Crippen LogP contribution in [0.15, 0.2) is 72.8 Å². The van der Waals surface area contributed by atoms with E-state index < -0.39 is 29.2 Å². The van der Waals surface area contributed by atoms with Crippen LogP contribution in [0.2, 0.25) is 0 Å². The summed E-state index contributed by atoms with van der Waals surface area (Å²) in [4.78, 5) is 42.2. The number of benzene rings is 4. The first kappa shape index (κ1) is 76.6. The van der Waals surface area contributed by atoms with E-state index in [4.69, 9.17) is 25.8 Å². The average molecular weight is 1170 g/mol. The molecule has 412 valence electrons. The fraction of sp³-hybridized carbons (Fsp3) is 0.593. The molecule has 4 aromatic rings. The average Bonchev–Trinajstić information content (AvgIpc) is 4.13. The molecule has 4 atom stereocenters. The number of alkyl halides is 1. The van der Waals surface area contributed by atoms with Crippen LogP contribution in [-0.2, 0) is 18.2 Å². The second-order valence-electron chi connectivity index (χ2n) is 22.1. The molecule has 0 aromatic heterocycles. The zero-order valence-electron chi connectivity index (χ0n) is 49.8. The number of rotatable bonds is 22. The summed E-state index contributed by atoms with van der Waals surface area (Å²) in [5, 5.41) is 10.2. The van der Waals surface area contributed by atoms with E-state index in [1.807, 2.05) is 70.2 Å². The van der Waals surface area contributed by atoms with Gasteiger partial charge in [-0.2, -0.15) is 0 Å². The van der Waals surface area contributed by atoms with Crippen molar-refractivity contribution in [3.8, 4) is 23.0 Å². The van der Waals surface area contributed by atoms with Crippen molar-refractivity contribution in [2.24, 2.45) is 23.7 Å². The second-order valence-corrected chi connectivity index (χ2v) is 24.7. The van der Waals surface area contributed by atoms with Gasteiger partial charge in [-0.25, -0.2) is 0 Å². The van der Waals surface area contributed by atoms with Gasteiger partial charge in [0.15, 0.2) is 19.7 Å². The summed E-state index contributed by atoms with van der Waals surface area (Å²) in [6.45, 7) is 24.5. The number of hydrogen-bond acceptors (Lipinski definition) is 12. The maximum absolute atomic E-state index is 10.5. The van der Waals surface area contributed by atoms with E-state index >= 15 is 0 Å². The van der Waals surface area contributed by atoms with Crippen LogP contribution in [0.3, 0.4) is 0 Å². The molecule has 0 heterocycles. The largest absolute Gasteiger partial charge is 1.00 e. The molecule has 78 heavy (non-hydrogen) atoms. The standard InChI is InChI=1S/C15H21ClO.2C15H23O5P.C14H20O.4Na/c1-10(2)13-5-4-6-14(15(13)17-9-16)11(3)12-7-8-12;2*1-10(2)13-5-4-6-14(11(3)12-7-8-12)15(13)19-9-20-21(16,17)18;1-9(2)12-5-4-6-13(14(12)15)10(3)11-7-8-11;;;;/h4-6,10-12H,7-9H2,1-3H3;2*4-6,10-12H,7-9H2,1-3H3,(H2,16,17,18);4-6,9-11,15H,7-8H2,1-3H3;;;;/q;;;;4*+1/p-4/t3*11-;10-;;;;/m1111..../s1. The molecule has 0 unspecified atom stereocenters. The monoisotopic (exact) mass is 1170 g/mol. The Morgan fingerprint density at radius 3 is 0.897 bits per heavy atom. The Morgan fingerprint density at radius 1 is 0.423 bits per heavy atom. The molecule has 12 nitrogen and oxygen atoms in total. The molecule has 0 amide bonds. The van der Waals surface area contributed by atoms with Crippen molar-refractivity contribution >= 4 is 27.2 Å². The molecule has 8 rings (SSSR count). The first-order valence-corrected chi connectivity index (χ1v) is 30.3. The van der Waals surface area contributed by atoms with Gasteiger partial charge in [-0.15, -0.1) is 0 Å². The van der Waals surface area contributed by atoms with Crippen molar-refractivity contribution in [1.82, 2.24) is 0 Å². The van der Waals surface area contributed by atoms with Crippen LogP contribution in [0.1, 0.15) is 226 Å². The molecule has 4 aromatic carbocycles. The van der Waals surface area contributed by atoms with Crippen molar-refractivity contribution in [3.05, 3.63) is 117 Å². The Labute approximate surface area is 561 Å². The van der Waals surface area contributed by atoms with Gasteiger partial charge in [0.2, 0.25) is 0 Å². The SMILES string of the molecule is CC(C)c1cccc([C@H](C)C2CC2)c1O.CC(C)c1cccc([C@H](C)C2CC2)c1OCCl.CC(C)c1cccc([C@H](C)C2CC2)c1OCOP(=O)([O-])[O-].CC(C)c1cccc([C@H](C)C2CC2)c1OCOP(=O)([O-])[O-].[Na+].[Na+].[Na+].[Na+]. The third kappa shape index (κ3) is 24.5. The molecule has 0 saturated heterocycles. The van der Waals surface area contributed by atoms with E-state index in [9.17, 15) is 33.8 Å². The molecule has 1 N–H and O–H groups in total. The van der Waals surface area contributed by atoms with Gasteiger partial charge in [0.25, 0.3) is 0 Å². The van der Waals surface area contributed by atoms with E-state index in [0.717, 1.165) is 51.0 Å². The minimum absolute atomic E-state index is 0. The molecule has 4 saturated carbocycles. The van der Waals surface area contributed by atoms with E-state index in [1.54, 1.807) is 0 Å². The number of phosphoric ester groups is 2. The van der Waals surface area contributed by atoms with Crippen LogP contribution < -0.4 is 152 Å². The molecule has 0 aliphatic heterocycles. The Kier molecular flexibility index (Phi) is 35.3. The number of phenols is 1. The summed E-state index contributed by atoms with van der Waals surface area (Å²) in [5.41, 5.74) is 8.93. The van der Waals surface area contributed by atoms with Crippen molar-refractivity contribution in [3.63, 3.8) is 0 Å². The first-order valence-electron chi connectivity index (χ1n) is 26.8. The van der Waals surface area contributed by atoms with Crippen LogP contribution in [0.4, 0.5) is 0 Å². The number of phosphoric acid groups is 2. The topological polar surface area (TPSA) is 193 Å². The molecule has 4 aliphatic carbocycles. The van der Waals surface area contributed by atoms with Gasteiger partial charge < -0.3 is 57.1 Å². The summed E-state index contributed by atoms with van der Waals surface area (Å²) in [7, 11) is -10.0. The van der Waals surface area contributed by atoms with E-state index in [1.165, 1.54) is 62.5 Å². The molecular formula is C59H83ClNa4O12P2. The fourth-order valence-corrected chi connectivity index (χ4v) is 10.3. The van der Waals surface area contributed by atoms with E-state index in [2.05, 4.69) is 94.8 Å². The van der Waals surface area contributed by atoms with Gasteiger partial charge in [-0.3, -0.25) is 0 Å². The summed E-state index contributed by atoms with van der Waals surface area (Å²) in [6.07, 6.45) is 10.2. The summed E-state index contributed by atoms with van der Waals surface area (Å²) >= 11 is 5.76. The van der Waals surface area contributed by atoms with Crippen LogP contribution in [-0.4, -0.2) is 24.8 Å². The number of phenolic OH excluding ortho intramolecular Hbond substituents is 1. The van der Waals surface area contributed by atoms with Crippen molar-refractivity contribution in [2.75, 3.05) is 19.7 Å². The Hall–Kier alpha value is 0.590. The molecule has 0 spiro atoms. The van der Waals surface area contributed by atoms with Crippen molar-refractivity contribution in [2.45, 2.75) is 182 Å². The predicted molar refractivity (Wildman–Crippen MR) is 288 cm³/mol. The summed E-state index contributed by atoms with van der Waals surface area (Å²) in [6, 6.07) is 24.8. The van der Waals surface area contributed by atoms with Crippen LogP contribution in [0.5, 0.6) is 23.0 Å². The maximum atomic E-state index is 10.5. The third-order valence-corrected chi connectivity index (χ3v) is 16.1. The van der Waals surface area contributed by atoms with Crippen LogP contribution in [0, 0.1) is 23.7 Å². The molecule has 0 radical (unpaired) electrons. The Balaban J connectivity index is 0.000000515. The van der Waals surface area contributed by atoms with E-state index in [-0.39, 0.29) is 136 Å². The van der Waals surface area contributed by atoms with E-state index in [0.29, 0.717) is 64.6 Å². The van der Waals surface area contributed by atoms with Gasteiger partial charge in [0.05, 0.1) is 15.6 Å². The maximum Gasteiger partial charge on any atom is 1.00 e. The van der Waals surface area contributed by atoms with Crippen LogP contribution >= 0.6 is 27.2 Å². The van der Waals surface area contributed by atoms with Crippen molar-refractivity contribution < 1.29 is 175 Å². The molecule has 4 aliphatic rings. The molecule has 19 heteroatoms. The first-order chi connectivity index (χ1) is 34.8. The molecule has 0 bridgehead atoms. The Bertz CT molecular complexity index is 2410.